The van der Waals surface area contributed by atoms with Crippen molar-refractivity contribution in [2.75, 3.05) is 13.1 Å². The van der Waals surface area contributed by atoms with E-state index in [1.165, 1.54) is 0 Å². The van der Waals surface area contributed by atoms with Crippen LogP contribution in [0.4, 0.5) is 0 Å². The number of carbonyl (C=O) groups is 1. The molecule has 0 heterocycles. The molecule has 1 unspecified atom stereocenters. The van der Waals surface area contributed by atoms with E-state index in [1.54, 1.807) is 0 Å². The van der Waals surface area contributed by atoms with Crippen molar-refractivity contribution in [1.29, 1.82) is 0 Å². The van der Waals surface area contributed by atoms with Gasteiger partial charge in [0.2, 0.25) is 5.91 Å². The molecule has 4 heteroatoms. The molecule has 0 bridgehead atoms. The second-order valence-electron chi connectivity index (χ2n) is 5.96. The zero-order valence-electron chi connectivity index (χ0n) is 11.0. The maximum absolute atomic E-state index is 11.9. The highest BCUT2D eigenvalue weighted by Gasteiger charge is 2.68. The van der Waals surface area contributed by atoms with E-state index in [2.05, 4.69) is 33.0 Å². The number of nitrogens with two attached hydrogens (primary N) is 1. The molecule has 3 nitrogen and oxygen atoms in total. The molecular weight excluding hydrogens is 224 g/mol. The Labute approximate surface area is 105 Å². The van der Waals surface area contributed by atoms with Gasteiger partial charge < -0.3 is 11.1 Å². The van der Waals surface area contributed by atoms with E-state index >= 15 is 0 Å². The summed E-state index contributed by atoms with van der Waals surface area (Å²) in [6, 6.07) is 0. The summed E-state index contributed by atoms with van der Waals surface area (Å²) in [6.07, 6.45) is 0. The molecule has 1 atom stereocenters. The lowest BCUT2D eigenvalue weighted by Gasteiger charge is -2.10. The predicted molar refractivity (Wildman–Crippen MR) is 69.5 cm³/mol. The molecule has 0 spiro atoms. The molecule has 0 saturated heterocycles. The Morgan fingerprint density at radius 2 is 1.75 bits per heavy atom. The first-order chi connectivity index (χ1) is 6.75. The molecule has 0 radical (unpaired) electrons. The number of hydrogen-bond donors (Lipinski definition) is 2. The van der Waals surface area contributed by atoms with Crippen LogP contribution in [0.1, 0.15) is 34.6 Å². The van der Waals surface area contributed by atoms with Gasteiger partial charge in [0, 0.05) is 12.5 Å². The quantitative estimate of drug-likeness (QED) is 0.797. The second kappa shape index (κ2) is 4.92. The number of rotatable bonds is 4. The highest BCUT2D eigenvalue weighted by molar-refractivity contribution is 5.85. The summed E-state index contributed by atoms with van der Waals surface area (Å²) in [5.41, 5.74) is 5.76. The van der Waals surface area contributed by atoms with Crippen LogP contribution in [0.5, 0.6) is 0 Å². The molecule has 96 valence electrons. The van der Waals surface area contributed by atoms with Crippen LogP contribution < -0.4 is 11.1 Å². The van der Waals surface area contributed by atoms with Gasteiger partial charge >= 0.3 is 0 Å². The van der Waals surface area contributed by atoms with E-state index in [9.17, 15) is 4.79 Å². The Morgan fingerprint density at radius 3 is 2.06 bits per heavy atom. The maximum Gasteiger partial charge on any atom is 0.224 e. The van der Waals surface area contributed by atoms with E-state index in [-0.39, 0.29) is 35.1 Å². The van der Waals surface area contributed by atoms with Gasteiger partial charge in [-0.3, -0.25) is 4.79 Å². The van der Waals surface area contributed by atoms with E-state index in [0.717, 1.165) is 0 Å². The van der Waals surface area contributed by atoms with Crippen molar-refractivity contribution in [1.82, 2.24) is 5.32 Å². The van der Waals surface area contributed by atoms with Gasteiger partial charge in [0.1, 0.15) is 0 Å². The maximum atomic E-state index is 11.9. The van der Waals surface area contributed by atoms with Crippen LogP contribution in [-0.4, -0.2) is 19.0 Å². The minimum Gasteiger partial charge on any atom is -0.356 e. The van der Waals surface area contributed by atoms with Gasteiger partial charge in [-0.25, -0.2) is 0 Å². The van der Waals surface area contributed by atoms with Gasteiger partial charge in [0.25, 0.3) is 0 Å². The first-order valence-electron chi connectivity index (χ1n) is 5.73. The predicted octanol–water partition coefficient (Wildman–Crippen LogP) is 1.80. The van der Waals surface area contributed by atoms with E-state index in [1.807, 2.05) is 6.92 Å². The number of carbonyl (C=O) groups excluding carboxylic acids is 1. The Hall–Kier alpha value is -0.280. The van der Waals surface area contributed by atoms with Crippen molar-refractivity contribution in [3.05, 3.63) is 0 Å². The molecule has 1 saturated carbocycles. The summed E-state index contributed by atoms with van der Waals surface area (Å²) in [5, 5.41) is 2.99. The summed E-state index contributed by atoms with van der Waals surface area (Å²) in [4.78, 5) is 11.9. The lowest BCUT2D eigenvalue weighted by Crippen LogP contribution is -2.33. The summed E-state index contributed by atoms with van der Waals surface area (Å²) < 4.78 is 0. The number of hydrogen-bond acceptors (Lipinski definition) is 2. The van der Waals surface area contributed by atoms with Crippen LogP contribution in [0.3, 0.4) is 0 Å². The monoisotopic (exact) mass is 248 g/mol. The molecule has 1 aliphatic carbocycles. The van der Waals surface area contributed by atoms with Gasteiger partial charge in [-0.1, -0.05) is 34.6 Å². The first-order valence-corrected chi connectivity index (χ1v) is 5.73. The number of halogens is 1. The fourth-order valence-corrected chi connectivity index (χ4v) is 2.31. The highest BCUT2D eigenvalue weighted by Crippen LogP contribution is 2.68. The number of amides is 1. The molecule has 0 aromatic rings. The normalized spacial score (nSPS) is 23.1. The summed E-state index contributed by atoms with van der Waals surface area (Å²) in [5.74, 6) is 0.694. The highest BCUT2D eigenvalue weighted by atomic mass is 35.5. The van der Waals surface area contributed by atoms with Crippen LogP contribution in [0.25, 0.3) is 0 Å². The molecule has 0 aliphatic heterocycles. The van der Waals surface area contributed by atoms with E-state index in [0.29, 0.717) is 19.0 Å². The molecule has 16 heavy (non-hydrogen) atoms. The van der Waals surface area contributed by atoms with E-state index in [4.69, 9.17) is 5.73 Å². The van der Waals surface area contributed by atoms with Crippen molar-refractivity contribution < 1.29 is 4.79 Å². The molecular formula is C12H25ClN2O. The lowest BCUT2D eigenvalue weighted by molar-refractivity contribution is -0.123. The molecule has 3 N–H and O–H groups in total. The molecule has 0 aromatic carbocycles. The van der Waals surface area contributed by atoms with Crippen LogP contribution in [-0.2, 0) is 4.79 Å². The van der Waals surface area contributed by atoms with Crippen molar-refractivity contribution in [2.24, 2.45) is 28.4 Å². The average molecular weight is 249 g/mol. The van der Waals surface area contributed by atoms with Gasteiger partial charge in [-0.15, -0.1) is 12.4 Å². The molecule has 1 fully saturated rings. The number of nitrogens with one attached hydrogen (secondary N) is 1. The Balaban J connectivity index is 0.00000225. The standard InChI is InChI=1S/C12H24N2O.ClH/c1-8(6-13)7-14-10(15)9-11(2,3)12(9,4)5;/h8-9H,6-7,13H2,1-5H3,(H,14,15);1H. The zero-order chi connectivity index (χ0) is 11.9. The van der Waals surface area contributed by atoms with Crippen LogP contribution in [0.2, 0.25) is 0 Å². The lowest BCUT2D eigenvalue weighted by atomic mass is 10.0. The fraction of sp³-hybridized carbons (Fsp3) is 0.917. The topological polar surface area (TPSA) is 55.1 Å². The SMILES string of the molecule is CC(CN)CNC(=O)C1C(C)(C)C1(C)C.Cl. The van der Waals surface area contributed by atoms with Crippen LogP contribution >= 0.6 is 12.4 Å². The average Bonchev–Trinajstić information content (AvgIpc) is 2.53. The summed E-state index contributed by atoms with van der Waals surface area (Å²) in [6.45, 7) is 12.0. The Bertz CT molecular complexity index is 250. The van der Waals surface area contributed by atoms with E-state index < -0.39 is 0 Å². The molecule has 1 amide bonds. The molecule has 0 aromatic heterocycles. The third-order valence-electron chi connectivity index (χ3n) is 4.31. The zero-order valence-corrected chi connectivity index (χ0v) is 11.8. The van der Waals surface area contributed by atoms with Gasteiger partial charge in [-0.2, -0.15) is 0 Å². The smallest absolute Gasteiger partial charge is 0.224 e. The van der Waals surface area contributed by atoms with Gasteiger partial charge in [0.05, 0.1) is 0 Å². The van der Waals surface area contributed by atoms with Crippen molar-refractivity contribution in [2.45, 2.75) is 34.6 Å². The summed E-state index contributed by atoms with van der Waals surface area (Å²) >= 11 is 0. The third-order valence-corrected chi connectivity index (χ3v) is 4.31. The molecule has 1 rings (SSSR count). The van der Waals surface area contributed by atoms with Crippen molar-refractivity contribution in [3.8, 4) is 0 Å². The largest absolute Gasteiger partial charge is 0.356 e. The van der Waals surface area contributed by atoms with Gasteiger partial charge in [-0.05, 0) is 23.3 Å². The minimum atomic E-state index is 0. The molecule has 1 aliphatic rings. The minimum absolute atomic E-state index is 0. The van der Waals surface area contributed by atoms with Crippen LogP contribution in [0.15, 0.2) is 0 Å². The summed E-state index contributed by atoms with van der Waals surface area (Å²) in [7, 11) is 0. The van der Waals surface area contributed by atoms with Gasteiger partial charge in [0.15, 0.2) is 0 Å². The second-order valence-corrected chi connectivity index (χ2v) is 5.96. The Morgan fingerprint density at radius 1 is 1.31 bits per heavy atom. The van der Waals surface area contributed by atoms with Crippen LogP contribution in [0, 0.1) is 22.7 Å². The fourth-order valence-electron chi connectivity index (χ4n) is 2.31. The Kier molecular flexibility index (Phi) is 4.84. The first kappa shape index (κ1) is 15.7. The van der Waals surface area contributed by atoms with Crippen molar-refractivity contribution in [3.63, 3.8) is 0 Å². The van der Waals surface area contributed by atoms with Crippen molar-refractivity contribution >= 4 is 18.3 Å². The third kappa shape index (κ3) is 2.51.